The van der Waals surface area contributed by atoms with Crippen molar-refractivity contribution in [3.63, 3.8) is 0 Å². The highest BCUT2D eigenvalue weighted by molar-refractivity contribution is 5.75. The third-order valence-electron chi connectivity index (χ3n) is 2.78. The fourth-order valence-electron chi connectivity index (χ4n) is 1.63. The molecule has 4 nitrogen and oxygen atoms in total. The molecule has 0 fully saturated rings. The molecule has 0 aromatic heterocycles. The number of carbonyl (C=O) groups is 1. The van der Waals surface area contributed by atoms with Crippen LogP contribution in [0.4, 0.5) is 0 Å². The van der Waals surface area contributed by atoms with Gasteiger partial charge in [0.05, 0.1) is 6.10 Å². The average molecular weight is 250 g/mol. The summed E-state index contributed by atoms with van der Waals surface area (Å²) >= 11 is 0. The summed E-state index contributed by atoms with van der Waals surface area (Å²) in [4.78, 5) is 11.5. The molecule has 0 saturated carbocycles. The molecule has 1 aromatic carbocycles. The maximum Gasteiger partial charge on any atom is 0.220 e. The zero-order chi connectivity index (χ0) is 13.4. The van der Waals surface area contributed by atoms with Crippen LogP contribution >= 0.6 is 0 Å². The number of benzene rings is 1. The molecule has 0 saturated heterocycles. The summed E-state index contributed by atoms with van der Waals surface area (Å²) in [5, 5.41) is 15.3. The summed E-state index contributed by atoms with van der Waals surface area (Å²) in [6, 6.07) is 7.62. The number of carbonyl (C=O) groups excluding carboxylic acids is 1. The summed E-state index contributed by atoms with van der Waals surface area (Å²) in [5.41, 5.74) is 1.93. The van der Waals surface area contributed by atoms with E-state index in [1.54, 1.807) is 6.92 Å². The molecule has 100 valence electrons. The Bertz CT molecular complexity index is 361. The Morgan fingerprint density at radius 2 is 2.00 bits per heavy atom. The third kappa shape index (κ3) is 5.29. The number of aliphatic hydroxyl groups excluding tert-OH is 1. The van der Waals surface area contributed by atoms with Gasteiger partial charge in [0, 0.05) is 13.0 Å². The van der Waals surface area contributed by atoms with Crippen molar-refractivity contribution in [2.75, 3.05) is 13.6 Å². The first-order valence-corrected chi connectivity index (χ1v) is 6.31. The largest absolute Gasteiger partial charge is 0.389 e. The molecular weight excluding hydrogens is 228 g/mol. The fourth-order valence-corrected chi connectivity index (χ4v) is 1.63. The van der Waals surface area contributed by atoms with Crippen LogP contribution in [0.1, 0.15) is 37.0 Å². The molecule has 0 aliphatic rings. The fraction of sp³-hybridized carbons (Fsp3) is 0.500. The van der Waals surface area contributed by atoms with Crippen LogP contribution in [-0.2, 0) is 11.3 Å². The number of aliphatic hydroxyl groups is 1. The lowest BCUT2D eigenvalue weighted by Gasteiger charge is -2.08. The molecule has 1 rings (SSSR count). The van der Waals surface area contributed by atoms with Crippen molar-refractivity contribution >= 4 is 5.91 Å². The van der Waals surface area contributed by atoms with E-state index in [0.29, 0.717) is 13.0 Å². The molecule has 0 spiro atoms. The average Bonchev–Trinajstić information content (AvgIpc) is 2.37. The number of rotatable bonds is 7. The van der Waals surface area contributed by atoms with Gasteiger partial charge in [-0.2, -0.15) is 0 Å². The molecule has 0 heterocycles. The Labute approximate surface area is 108 Å². The van der Waals surface area contributed by atoms with E-state index in [0.717, 1.165) is 24.1 Å². The van der Waals surface area contributed by atoms with E-state index in [1.165, 1.54) is 0 Å². The molecule has 3 N–H and O–H groups in total. The standard InChI is InChI=1S/C14H22N2O2/c1-11(17)13-7-5-12(6-8-13)10-16-14(18)4-3-9-15-2/h5-8,11,15,17H,3-4,9-10H2,1-2H3,(H,16,18). The quantitative estimate of drug-likeness (QED) is 0.640. The highest BCUT2D eigenvalue weighted by Gasteiger charge is 2.02. The molecule has 1 unspecified atom stereocenters. The van der Waals surface area contributed by atoms with Gasteiger partial charge in [-0.05, 0) is 38.1 Å². The lowest BCUT2D eigenvalue weighted by Crippen LogP contribution is -2.23. The second-order valence-corrected chi connectivity index (χ2v) is 4.40. The highest BCUT2D eigenvalue weighted by atomic mass is 16.3. The first-order chi connectivity index (χ1) is 8.63. The van der Waals surface area contributed by atoms with E-state index in [-0.39, 0.29) is 5.91 Å². The Balaban J connectivity index is 2.32. The van der Waals surface area contributed by atoms with Crippen LogP contribution < -0.4 is 10.6 Å². The van der Waals surface area contributed by atoms with Crippen LogP contribution in [-0.4, -0.2) is 24.6 Å². The second kappa shape index (κ2) is 7.84. The zero-order valence-electron chi connectivity index (χ0n) is 11.1. The highest BCUT2D eigenvalue weighted by Crippen LogP contribution is 2.12. The van der Waals surface area contributed by atoms with Gasteiger partial charge in [-0.1, -0.05) is 24.3 Å². The van der Waals surface area contributed by atoms with Crippen molar-refractivity contribution in [3.05, 3.63) is 35.4 Å². The lowest BCUT2D eigenvalue weighted by atomic mass is 10.1. The minimum absolute atomic E-state index is 0.0739. The monoisotopic (exact) mass is 250 g/mol. The van der Waals surface area contributed by atoms with Gasteiger partial charge in [-0.3, -0.25) is 4.79 Å². The number of nitrogens with one attached hydrogen (secondary N) is 2. The van der Waals surface area contributed by atoms with E-state index >= 15 is 0 Å². The first kappa shape index (κ1) is 14.7. The van der Waals surface area contributed by atoms with Crippen LogP contribution in [0.3, 0.4) is 0 Å². The number of hydrogen-bond acceptors (Lipinski definition) is 3. The third-order valence-corrected chi connectivity index (χ3v) is 2.78. The van der Waals surface area contributed by atoms with E-state index < -0.39 is 6.10 Å². The molecule has 1 aromatic rings. The number of hydrogen-bond donors (Lipinski definition) is 3. The van der Waals surface area contributed by atoms with Crippen molar-refractivity contribution in [2.45, 2.75) is 32.4 Å². The van der Waals surface area contributed by atoms with Crippen LogP contribution in [0.2, 0.25) is 0 Å². The Morgan fingerprint density at radius 3 is 2.56 bits per heavy atom. The van der Waals surface area contributed by atoms with Crippen molar-refractivity contribution in [2.24, 2.45) is 0 Å². The Morgan fingerprint density at radius 1 is 1.33 bits per heavy atom. The molecule has 18 heavy (non-hydrogen) atoms. The summed E-state index contributed by atoms with van der Waals surface area (Å²) in [7, 11) is 1.88. The van der Waals surface area contributed by atoms with Gasteiger partial charge in [0.1, 0.15) is 0 Å². The molecular formula is C14H22N2O2. The normalized spacial score (nSPS) is 12.2. The van der Waals surface area contributed by atoms with Crippen molar-refractivity contribution in [1.82, 2.24) is 10.6 Å². The van der Waals surface area contributed by atoms with Gasteiger partial charge in [-0.15, -0.1) is 0 Å². The van der Waals surface area contributed by atoms with E-state index in [4.69, 9.17) is 0 Å². The smallest absolute Gasteiger partial charge is 0.220 e. The van der Waals surface area contributed by atoms with Gasteiger partial charge in [-0.25, -0.2) is 0 Å². The molecule has 0 radical (unpaired) electrons. The Hall–Kier alpha value is -1.39. The minimum atomic E-state index is -0.449. The molecule has 0 aliphatic carbocycles. The lowest BCUT2D eigenvalue weighted by molar-refractivity contribution is -0.121. The van der Waals surface area contributed by atoms with Gasteiger partial charge in [0.2, 0.25) is 5.91 Å². The maximum atomic E-state index is 11.5. The van der Waals surface area contributed by atoms with E-state index in [9.17, 15) is 9.90 Å². The van der Waals surface area contributed by atoms with Crippen molar-refractivity contribution in [1.29, 1.82) is 0 Å². The Kier molecular flexibility index (Phi) is 6.39. The van der Waals surface area contributed by atoms with Crippen LogP contribution in [0.5, 0.6) is 0 Å². The molecule has 1 amide bonds. The van der Waals surface area contributed by atoms with E-state index in [1.807, 2.05) is 31.3 Å². The molecule has 0 aliphatic heterocycles. The molecule has 1 atom stereocenters. The predicted octanol–water partition coefficient (Wildman–Crippen LogP) is 1.36. The SMILES string of the molecule is CNCCCC(=O)NCc1ccc(C(C)O)cc1. The minimum Gasteiger partial charge on any atom is -0.389 e. The van der Waals surface area contributed by atoms with Crippen molar-refractivity contribution < 1.29 is 9.90 Å². The van der Waals surface area contributed by atoms with Crippen LogP contribution in [0.25, 0.3) is 0 Å². The number of amides is 1. The predicted molar refractivity (Wildman–Crippen MR) is 72.1 cm³/mol. The maximum absolute atomic E-state index is 11.5. The van der Waals surface area contributed by atoms with Gasteiger partial charge in [0.25, 0.3) is 0 Å². The van der Waals surface area contributed by atoms with Crippen molar-refractivity contribution in [3.8, 4) is 0 Å². The van der Waals surface area contributed by atoms with Gasteiger partial charge >= 0.3 is 0 Å². The summed E-state index contributed by atoms with van der Waals surface area (Å²) in [6.45, 7) is 3.13. The topological polar surface area (TPSA) is 61.4 Å². The second-order valence-electron chi connectivity index (χ2n) is 4.40. The van der Waals surface area contributed by atoms with Gasteiger partial charge in [0.15, 0.2) is 0 Å². The van der Waals surface area contributed by atoms with Crippen LogP contribution in [0, 0.1) is 0 Å². The first-order valence-electron chi connectivity index (χ1n) is 6.31. The summed E-state index contributed by atoms with van der Waals surface area (Å²) in [6.07, 6.45) is 0.950. The van der Waals surface area contributed by atoms with Crippen LogP contribution in [0.15, 0.2) is 24.3 Å². The van der Waals surface area contributed by atoms with E-state index in [2.05, 4.69) is 10.6 Å². The molecule has 0 bridgehead atoms. The summed E-state index contributed by atoms with van der Waals surface area (Å²) in [5.74, 6) is 0.0739. The zero-order valence-corrected chi connectivity index (χ0v) is 11.1. The summed E-state index contributed by atoms with van der Waals surface area (Å²) < 4.78 is 0. The van der Waals surface area contributed by atoms with Gasteiger partial charge < -0.3 is 15.7 Å². The molecule has 4 heteroatoms.